The molecule has 7 nitrogen and oxygen atoms in total. The van der Waals surface area contributed by atoms with Gasteiger partial charge in [0.05, 0.1) is 6.54 Å². The van der Waals surface area contributed by atoms with Crippen molar-refractivity contribution in [2.75, 3.05) is 18.0 Å². The first-order valence-electron chi connectivity index (χ1n) is 8.00. The van der Waals surface area contributed by atoms with E-state index < -0.39 is 0 Å². The van der Waals surface area contributed by atoms with Crippen molar-refractivity contribution in [1.82, 2.24) is 25.7 Å². The molecule has 1 fully saturated rings. The van der Waals surface area contributed by atoms with Gasteiger partial charge in [-0.1, -0.05) is 5.16 Å². The van der Waals surface area contributed by atoms with Gasteiger partial charge in [0.15, 0.2) is 5.82 Å². The number of nitrogens with one attached hydrogen (secondary N) is 1. The van der Waals surface area contributed by atoms with Crippen LogP contribution in [0.3, 0.4) is 0 Å². The second-order valence-corrected chi connectivity index (χ2v) is 6.51. The molecule has 4 rings (SSSR count). The lowest BCUT2D eigenvalue weighted by Crippen LogP contribution is -2.38. The first-order chi connectivity index (χ1) is 11.9. The Morgan fingerprint density at radius 2 is 2.38 bits per heavy atom. The zero-order valence-corrected chi connectivity index (χ0v) is 13.9. The minimum Gasteiger partial charge on any atom is -0.351 e. The van der Waals surface area contributed by atoms with Crippen LogP contribution in [0.1, 0.15) is 18.7 Å². The van der Waals surface area contributed by atoms with E-state index in [1.807, 2.05) is 29.0 Å². The fourth-order valence-electron chi connectivity index (χ4n) is 2.98. The maximum Gasteiger partial charge on any atom is 0.240 e. The van der Waals surface area contributed by atoms with Gasteiger partial charge in [-0.05, 0) is 36.4 Å². The number of thiophene rings is 1. The van der Waals surface area contributed by atoms with Gasteiger partial charge in [-0.25, -0.2) is 0 Å². The van der Waals surface area contributed by atoms with Crippen LogP contribution in [-0.2, 0) is 6.54 Å². The molecule has 0 aromatic carbocycles. The zero-order chi connectivity index (χ0) is 16.2. The summed E-state index contributed by atoms with van der Waals surface area (Å²) < 4.78 is 5.31. The summed E-state index contributed by atoms with van der Waals surface area (Å²) in [6, 6.07) is 6.34. The molecule has 3 aromatic heterocycles. The van der Waals surface area contributed by atoms with Crippen LogP contribution in [0.5, 0.6) is 0 Å². The fraction of sp³-hybridized carbons (Fsp3) is 0.375. The summed E-state index contributed by atoms with van der Waals surface area (Å²) in [7, 11) is 0. The van der Waals surface area contributed by atoms with Crippen molar-refractivity contribution in [2.45, 2.75) is 25.4 Å². The normalized spacial score (nSPS) is 17.5. The van der Waals surface area contributed by atoms with Crippen LogP contribution in [0, 0.1) is 0 Å². The maximum atomic E-state index is 5.31. The summed E-state index contributed by atoms with van der Waals surface area (Å²) >= 11 is 1.62. The highest BCUT2D eigenvalue weighted by Crippen LogP contribution is 2.22. The Labute approximate surface area is 143 Å². The second-order valence-electron chi connectivity index (χ2n) is 5.73. The first kappa shape index (κ1) is 15.2. The third-order valence-corrected chi connectivity index (χ3v) is 4.82. The van der Waals surface area contributed by atoms with Crippen LogP contribution >= 0.6 is 11.3 Å². The van der Waals surface area contributed by atoms with E-state index in [1.165, 1.54) is 6.42 Å². The highest BCUT2D eigenvalue weighted by Gasteiger charge is 2.25. The van der Waals surface area contributed by atoms with Gasteiger partial charge in [0.1, 0.15) is 0 Å². The van der Waals surface area contributed by atoms with Gasteiger partial charge >= 0.3 is 0 Å². The third-order valence-electron chi connectivity index (χ3n) is 4.13. The summed E-state index contributed by atoms with van der Waals surface area (Å²) in [6.45, 7) is 2.45. The molecule has 0 bridgehead atoms. The predicted octanol–water partition coefficient (Wildman–Crippen LogP) is 2.35. The molecule has 4 heterocycles. The Morgan fingerprint density at radius 1 is 1.38 bits per heavy atom. The van der Waals surface area contributed by atoms with Gasteiger partial charge in [0.2, 0.25) is 11.7 Å². The van der Waals surface area contributed by atoms with Crippen LogP contribution in [0.4, 0.5) is 5.82 Å². The van der Waals surface area contributed by atoms with Crippen LogP contribution in [0.15, 0.2) is 39.7 Å². The smallest absolute Gasteiger partial charge is 0.240 e. The third kappa shape index (κ3) is 3.29. The highest BCUT2D eigenvalue weighted by atomic mass is 32.1. The van der Waals surface area contributed by atoms with E-state index in [1.54, 1.807) is 17.5 Å². The number of anilines is 1. The zero-order valence-electron chi connectivity index (χ0n) is 13.1. The molecule has 1 atom stereocenters. The van der Waals surface area contributed by atoms with Crippen LogP contribution in [0.25, 0.3) is 11.4 Å². The number of aromatic nitrogens is 4. The molecule has 1 N–H and O–H groups in total. The first-order valence-corrected chi connectivity index (χ1v) is 8.94. The molecular weight excluding hydrogens is 324 g/mol. The van der Waals surface area contributed by atoms with Crippen molar-refractivity contribution < 1.29 is 4.52 Å². The maximum absolute atomic E-state index is 5.31. The predicted molar refractivity (Wildman–Crippen MR) is 91.7 cm³/mol. The SMILES string of the molecule is c1cnnc(N2CCC[C@H]2CNCc2nc(-c3ccsc3)no2)c1. The number of rotatable bonds is 6. The van der Waals surface area contributed by atoms with Crippen LogP contribution in [-0.4, -0.2) is 39.5 Å². The van der Waals surface area contributed by atoms with Gasteiger partial charge in [-0.3, -0.25) is 0 Å². The molecular formula is C16H18N6OS. The Balaban J connectivity index is 1.32. The molecule has 1 aliphatic heterocycles. The van der Waals surface area contributed by atoms with Gasteiger partial charge in [-0.15, -0.1) is 5.10 Å². The number of hydrogen-bond acceptors (Lipinski definition) is 8. The molecule has 0 aliphatic carbocycles. The van der Waals surface area contributed by atoms with Crippen LogP contribution in [0.2, 0.25) is 0 Å². The van der Waals surface area contributed by atoms with Gasteiger partial charge in [0.25, 0.3) is 0 Å². The summed E-state index contributed by atoms with van der Waals surface area (Å²) in [5.41, 5.74) is 1.000. The monoisotopic (exact) mass is 342 g/mol. The van der Waals surface area contributed by atoms with E-state index in [-0.39, 0.29) is 0 Å². The minimum atomic E-state index is 0.418. The van der Waals surface area contributed by atoms with Gasteiger partial charge in [0, 0.05) is 36.3 Å². The minimum absolute atomic E-state index is 0.418. The molecule has 24 heavy (non-hydrogen) atoms. The van der Waals surface area contributed by atoms with E-state index in [9.17, 15) is 0 Å². The average molecular weight is 342 g/mol. The summed E-state index contributed by atoms with van der Waals surface area (Å²) in [5, 5.41) is 19.7. The van der Waals surface area contributed by atoms with Crippen molar-refractivity contribution >= 4 is 17.2 Å². The average Bonchev–Trinajstić information content (AvgIpc) is 3.37. The molecule has 0 unspecified atom stereocenters. The van der Waals surface area contributed by atoms with E-state index >= 15 is 0 Å². The molecule has 0 radical (unpaired) electrons. The topological polar surface area (TPSA) is 80.0 Å². The Morgan fingerprint density at radius 3 is 3.21 bits per heavy atom. The molecule has 0 spiro atoms. The molecule has 1 aliphatic rings. The van der Waals surface area contributed by atoms with Crippen molar-refractivity contribution in [2.24, 2.45) is 0 Å². The fourth-order valence-corrected chi connectivity index (χ4v) is 3.61. The van der Waals surface area contributed by atoms with Crippen molar-refractivity contribution in [3.63, 3.8) is 0 Å². The number of nitrogens with zero attached hydrogens (tertiary/aromatic N) is 5. The van der Waals surface area contributed by atoms with Crippen molar-refractivity contribution in [3.8, 4) is 11.4 Å². The molecule has 124 valence electrons. The van der Waals surface area contributed by atoms with Crippen molar-refractivity contribution in [3.05, 3.63) is 41.0 Å². The standard InChI is InChI=1S/C16H18N6OS/c1-4-14(20-18-6-1)22-7-2-3-13(22)9-17-10-15-19-16(21-23-15)12-5-8-24-11-12/h1,4-6,8,11,13,17H,2-3,7,9-10H2/t13-/m0/s1. The van der Waals surface area contributed by atoms with Crippen molar-refractivity contribution in [1.29, 1.82) is 0 Å². The molecule has 1 saturated heterocycles. The highest BCUT2D eigenvalue weighted by molar-refractivity contribution is 7.08. The second kappa shape index (κ2) is 7.06. The largest absolute Gasteiger partial charge is 0.351 e. The summed E-state index contributed by atoms with van der Waals surface area (Å²) in [4.78, 5) is 6.73. The van der Waals surface area contributed by atoms with E-state index in [0.29, 0.717) is 24.3 Å². The summed E-state index contributed by atoms with van der Waals surface area (Å²) in [6.07, 6.45) is 4.02. The quantitative estimate of drug-likeness (QED) is 0.736. The summed E-state index contributed by atoms with van der Waals surface area (Å²) in [5.74, 6) is 2.20. The lowest BCUT2D eigenvalue weighted by atomic mass is 10.2. The molecule has 0 saturated carbocycles. The van der Waals surface area contributed by atoms with Gasteiger partial charge in [-0.2, -0.15) is 21.4 Å². The molecule has 0 amide bonds. The lowest BCUT2D eigenvalue weighted by molar-refractivity contribution is 0.365. The van der Waals surface area contributed by atoms with Crippen LogP contribution < -0.4 is 10.2 Å². The Kier molecular flexibility index (Phi) is 4.48. The van der Waals surface area contributed by atoms with Gasteiger partial charge < -0.3 is 14.7 Å². The number of hydrogen-bond donors (Lipinski definition) is 1. The van der Waals surface area contributed by atoms with E-state index in [2.05, 4.69) is 30.6 Å². The van der Waals surface area contributed by atoms with E-state index in [0.717, 1.165) is 30.9 Å². The Hall–Kier alpha value is -2.32. The lowest BCUT2D eigenvalue weighted by Gasteiger charge is -2.25. The Bertz CT molecular complexity index is 760. The molecule has 8 heteroatoms. The molecule has 3 aromatic rings. The van der Waals surface area contributed by atoms with E-state index in [4.69, 9.17) is 4.52 Å².